The van der Waals surface area contributed by atoms with E-state index in [-0.39, 0.29) is 0 Å². The van der Waals surface area contributed by atoms with Crippen molar-refractivity contribution in [2.45, 2.75) is 13.5 Å². The summed E-state index contributed by atoms with van der Waals surface area (Å²) in [4.78, 5) is 11.1. The fourth-order valence-electron chi connectivity index (χ4n) is 1.35. The van der Waals surface area contributed by atoms with Crippen molar-refractivity contribution in [1.82, 2.24) is 5.32 Å². The molecule has 17 heavy (non-hydrogen) atoms. The molecule has 0 saturated carbocycles. The maximum Gasteiger partial charge on any atom is 0.407 e. The highest BCUT2D eigenvalue weighted by Crippen LogP contribution is 2.24. The Balaban J connectivity index is 2.67. The van der Waals surface area contributed by atoms with Crippen molar-refractivity contribution in [3.63, 3.8) is 0 Å². The largest absolute Gasteiger partial charge is 0.497 e. The topological polar surface area (TPSA) is 56.8 Å². The summed E-state index contributed by atoms with van der Waals surface area (Å²) < 4.78 is 15.1. The van der Waals surface area contributed by atoms with Crippen LogP contribution in [0, 0.1) is 0 Å². The van der Waals surface area contributed by atoms with Gasteiger partial charge in [0.05, 0.1) is 20.8 Å². The first-order valence-electron chi connectivity index (χ1n) is 5.32. The third-order valence-electron chi connectivity index (χ3n) is 2.19. The third-order valence-corrected chi connectivity index (χ3v) is 2.19. The molecule has 0 spiro atoms. The lowest BCUT2D eigenvalue weighted by molar-refractivity contribution is 0.151. The van der Waals surface area contributed by atoms with Gasteiger partial charge in [0.15, 0.2) is 0 Å². The van der Waals surface area contributed by atoms with Gasteiger partial charge in [0.1, 0.15) is 11.5 Å². The number of carbonyl (C=O) groups is 1. The minimum atomic E-state index is -0.439. The molecule has 0 fully saturated rings. The number of rotatable bonds is 5. The lowest BCUT2D eigenvalue weighted by Gasteiger charge is -2.11. The first kappa shape index (κ1) is 13.2. The molecule has 0 aromatic heterocycles. The highest BCUT2D eigenvalue weighted by atomic mass is 16.5. The van der Waals surface area contributed by atoms with Crippen LogP contribution < -0.4 is 14.8 Å². The summed E-state index contributed by atoms with van der Waals surface area (Å²) in [6.07, 6.45) is -0.439. The zero-order chi connectivity index (χ0) is 12.7. The molecule has 1 rings (SSSR count). The minimum absolute atomic E-state index is 0.353. The number of ether oxygens (including phenoxy) is 3. The first-order valence-corrected chi connectivity index (χ1v) is 5.32. The van der Waals surface area contributed by atoms with Gasteiger partial charge in [-0.15, -0.1) is 0 Å². The van der Waals surface area contributed by atoms with Crippen molar-refractivity contribution in [2.24, 2.45) is 0 Å². The first-order chi connectivity index (χ1) is 8.21. The number of methoxy groups -OCH3 is 2. The Kier molecular flexibility index (Phi) is 5.13. The molecule has 0 radical (unpaired) electrons. The predicted octanol–water partition coefficient (Wildman–Crippen LogP) is 1.95. The van der Waals surface area contributed by atoms with E-state index in [9.17, 15) is 4.79 Å². The maximum absolute atomic E-state index is 11.1. The summed E-state index contributed by atoms with van der Waals surface area (Å²) in [5, 5.41) is 2.63. The van der Waals surface area contributed by atoms with Gasteiger partial charge in [0.2, 0.25) is 0 Å². The Morgan fingerprint density at radius 3 is 2.65 bits per heavy atom. The molecule has 0 unspecified atom stereocenters. The van der Waals surface area contributed by atoms with Gasteiger partial charge in [-0.1, -0.05) is 0 Å². The molecule has 0 bridgehead atoms. The third kappa shape index (κ3) is 3.86. The van der Waals surface area contributed by atoms with Crippen LogP contribution in [0.25, 0.3) is 0 Å². The Hall–Kier alpha value is -1.91. The quantitative estimate of drug-likeness (QED) is 0.853. The normalized spacial score (nSPS) is 9.59. The number of alkyl carbamates (subject to hydrolysis) is 1. The van der Waals surface area contributed by atoms with Gasteiger partial charge in [0, 0.05) is 18.2 Å². The van der Waals surface area contributed by atoms with Crippen LogP contribution in [0.3, 0.4) is 0 Å². The van der Waals surface area contributed by atoms with Crippen molar-refractivity contribution < 1.29 is 19.0 Å². The molecular weight excluding hydrogens is 222 g/mol. The Bertz CT molecular complexity index is 379. The molecule has 5 nitrogen and oxygen atoms in total. The van der Waals surface area contributed by atoms with Crippen LogP contribution in [0.4, 0.5) is 4.79 Å². The number of hydrogen-bond donors (Lipinski definition) is 1. The predicted molar refractivity (Wildman–Crippen MR) is 63.4 cm³/mol. The zero-order valence-electron chi connectivity index (χ0n) is 10.3. The molecule has 1 amide bonds. The summed E-state index contributed by atoms with van der Waals surface area (Å²) in [6, 6.07) is 5.41. The molecule has 0 atom stereocenters. The molecule has 0 aliphatic rings. The van der Waals surface area contributed by atoms with Crippen LogP contribution in [0.5, 0.6) is 11.5 Å². The van der Waals surface area contributed by atoms with Crippen LogP contribution in [-0.4, -0.2) is 26.9 Å². The van der Waals surface area contributed by atoms with E-state index in [0.29, 0.717) is 24.7 Å². The number of carbonyl (C=O) groups excluding carboxylic acids is 1. The van der Waals surface area contributed by atoms with Crippen LogP contribution in [0.1, 0.15) is 12.5 Å². The Morgan fingerprint density at radius 2 is 2.06 bits per heavy atom. The van der Waals surface area contributed by atoms with Crippen molar-refractivity contribution in [1.29, 1.82) is 0 Å². The van der Waals surface area contributed by atoms with Crippen LogP contribution >= 0.6 is 0 Å². The van der Waals surface area contributed by atoms with Gasteiger partial charge in [-0.3, -0.25) is 0 Å². The second-order valence-electron chi connectivity index (χ2n) is 3.25. The number of nitrogens with one attached hydrogen (secondary N) is 1. The number of amides is 1. The van der Waals surface area contributed by atoms with E-state index in [4.69, 9.17) is 14.2 Å². The smallest absolute Gasteiger partial charge is 0.407 e. The van der Waals surface area contributed by atoms with Crippen molar-refractivity contribution in [3.05, 3.63) is 23.8 Å². The Labute approximate surface area is 101 Å². The van der Waals surface area contributed by atoms with Crippen LogP contribution in [0.15, 0.2) is 18.2 Å². The van der Waals surface area contributed by atoms with E-state index < -0.39 is 6.09 Å². The maximum atomic E-state index is 11.1. The standard InChI is InChI=1S/C12H17NO4/c1-4-17-12(14)13-8-9-5-6-10(15-2)7-11(9)16-3/h5-7H,4,8H2,1-3H3,(H,13,14). The highest BCUT2D eigenvalue weighted by Gasteiger charge is 2.07. The van der Waals surface area contributed by atoms with E-state index >= 15 is 0 Å². The van der Waals surface area contributed by atoms with Gasteiger partial charge < -0.3 is 19.5 Å². The lowest BCUT2D eigenvalue weighted by Crippen LogP contribution is -2.23. The summed E-state index contributed by atoms with van der Waals surface area (Å²) in [6.45, 7) is 2.46. The van der Waals surface area contributed by atoms with Gasteiger partial charge in [-0.05, 0) is 19.1 Å². The molecular formula is C12H17NO4. The van der Waals surface area contributed by atoms with Gasteiger partial charge in [-0.25, -0.2) is 4.79 Å². The van der Waals surface area contributed by atoms with Gasteiger partial charge in [-0.2, -0.15) is 0 Å². The molecule has 0 aliphatic carbocycles. The highest BCUT2D eigenvalue weighted by molar-refractivity contribution is 5.67. The monoisotopic (exact) mass is 239 g/mol. The molecule has 1 aromatic rings. The summed E-state index contributed by atoms with van der Waals surface area (Å²) >= 11 is 0. The van der Waals surface area contributed by atoms with E-state index in [1.165, 1.54) is 0 Å². The van der Waals surface area contributed by atoms with Gasteiger partial charge >= 0.3 is 6.09 Å². The molecule has 0 aliphatic heterocycles. The molecule has 0 saturated heterocycles. The van der Waals surface area contributed by atoms with Crippen molar-refractivity contribution in [3.8, 4) is 11.5 Å². The molecule has 5 heteroatoms. The SMILES string of the molecule is CCOC(=O)NCc1ccc(OC)cc1OC. The fraction of sp³-hybridized carbons (Fsp3) is 0.417. The molecule has 1 N–H and O–H groups in total. The summed E-state index contributed by atoms with van der Waals surface area (Å²) in [5.74, 6) is 1.38. The Morgan fingerprint density at radius 1 is 1.29 bits per heavy atom. The number of hydrogen-bond acceptors (Lipinski definition) is 4. The second kappa shape index (κ2) is 6.62. The fourth-order valence-corrected chi connectivity index (χ4v) is 1.35. The summed E-state index contributed by atoms with van der Waals surface area (Å²) in [5.41, 5.74) is 0.862. The molecule has 94 valence electrons. The van der Waals surface area contributed by atoms with Crippen molar-refractivity contribution >= 4 is 6.09 Å². The average Bonchev–Trinajstić information content (AvgIpc) is 2.36. The molecule has 1 aromatic carbocycles. The van der Waals surface area contributed by atoms with Crippen LogP contribution in [-0.2, 0) is 11.3 Å². The van der Waals surface area contributed by atoms with E-state index in [1.54, 1.807) is 27.2 Å². The minimum Gasteiger partial charge on any atom is -0.497 e. The number of benzene rings is 1. The molecule has 0 heterocycles. The van der Waals surface area contributed by atoms with Crippen molar-refractivity contribution in [2.75, 3.05) is 20.8 Å². The van der Waals surface area contributed by atoms with Gasteiger partial charge in [0.25, 0.3) is 0 Å². The van der Waals surface area contributed by atoms with Crippen LogP contribution in [0.2, 0.25) is 0 Å². The second-order valence-corrected chi connectivity index (χ2v) is 3.25. The van der Waals surface area contributed by atoms with E-state index in [1.807, 2.05) is 12.1 Å². The van der Waals surface area contributed by atoms with E-state index in [0.717, 1.165) is 5.56 Å². The zero-order valence-corrected chi connectivity index (χ0v) is 10.3. The van der Waals surface area contributed by atoms with E-state index in [2.05, 4.69) is 5.32 Å². The average molecular weight is 239 g/mol. The lowest BCUT2D eigenvalue weighted by atomic mass is 10.2. The summed E-state index contributed by atoms with van der Waals surface area (Å²) in [7, 11) is 3.16.